The summed E-state index contributed by atoms with van der Waals surface area (Å²) in [7, 11) is -7.67. The SMILES string of the molecule is C=C(C)C[Si]1(C(C)C)O[Si](CC(=C)C)(C(C)C)O[Si](CC(=C)C)(C2CC2C(C)C)O1. The van der Waals surface area contributed by atoms with E-state index in [-0.39, 0.29) is 0 Å². The zero-order chi connectivity index (χ0) is 23.1. The van der Waals surface area contributed by atoms with Gasteiger partial charge >= 0.3 is 25.7 Å². The van der Waals surface area contributed by atoms with Gasteiger partial charge in [0.1, 0.15) is 0 Å². The maximum atomic E-state index is 7.35. The standard InChI is InChI=1S/C24H46O3Si3/c1-17(2)14-28(21(9)10)25-29(22(11)12,15-18(3)4)27-30(26-28,16-19(5)6)24-13-23(24)20(7)8/h20-24H,1,3,5,13-16H2,2,4,6-12H3. The lowest BCUT2D eigenvalue weighted by Crippen LogP contribution is -2.72. The molecule has 0 N–H and O–H groups in total. The summed E-state index contributed by atoms with van der Waals surface area (Å²) in [6.07, 6.45) is 1.22. The molecule has 4 atom stereocenters. The highest BCUT2D eigenvalue weighted by molar-refractivity contribution is 6.96. The first-order valence-corrected chi connectivity index (χ1v) is 18.0. The van der Waals surface area contributed by atoms with E-state index in [9.17, 15) is 0 Å². The Kier molecular flexibility index (Phi) is 8.08. The van der Waals surface area contributed by atoms with Crippen molar-refractivity contribution in [3.8, 4) is 0 Å². The fourth-order valence-corrected chi connectivity index (χ4v) is 25.7. The molecule has 172 valence electrons. The van der Waals surface area contributed by atoms with E-state index in [1.165, 1.54) is 12.0 Å². The summed E-state index contributed by atoms with van der Waals surface area (Å²) in [4.78, 5) is 0. The third-order valence-electron chi connectivity index (χ3n) is 6.70. The lowest BCUT2D eigenvalue weighted by molar-refractivity contribution is 0.197. The Labute approximate surface area is 189 Å². The molecule has 4 unspecified atom stereocenters. The van der Waals surface area contributed by atoms with E-state index in [1.807, 2.05) is 0 Å². The molecule has 2 rings (SSSR count). The van der Waals surface area contributed by atoms with Crippen LogP contribution in [0.3, 0.4) is 0 Å². The quantitative estimate of drug-likeness (QED) is 0.241. The minimum atomic E-state index is -2.56. The Morgan fingerprint density at radius 1 is 0.733 bits per heavy atom. The van der Waals surface area contributed by atoms with E-state index in [4.69, 9.17) is 12.3 Å². The number of hydrogen-bond donors (Lipinski definition) is 0. The Hall–Kier alpha value is -0.249. The van der Waals surface area contributed by atoms with Crippen molar-refractivity contribution in [2.75, 3.05) is 0 Å². The molecule has 1 aliphatic carbocycles. The van der Waals surface area contributed by atoms with Crippen LogP contribution >= 0.6 is 0 Å². The minimum Gasteiger partial charge on any atom is -0.415 e. The van der Waals surface area contributed by atoms with E-state index in [0.29, 0.717) is 28.5 Å². The highest BCUT2D eigenvalue weighted by Crippen LogP contribution is 2.62. The molecule has 0 aromatic carbocycles. The smallest absolute Gasteiger partial charge is 0.328 e. The van der Waals surface area contributed by atoms with Crippen LogP contribution in [0.5, 0.6) is 0 Å². The van der Waals surface area contributed by atoms with Gasteiger partial charge in [-0.25, -0.2) is 0 Å². The average Bonchev–Trinajstić information content (AvgIpc) is 3.33. The van der Waals surface area contributed by atoms with Gasteiger partial charge in [-0.1, -0.05) is 58.3 Å². The Bertz CT molecular complexity index is 651. The van der Waals surface area contributed by atoms with E-state index >= 15 is 0 Å². The lowest BCUT2D eigenvalue weighted by Gasteiger charge is -2.57. The van der Waals surface area contributed by atoms with Crippen molar-refractivity contribution in [2.45, 2.75) is 103 Å². The number of rotatable bonds is 10. The van der Waals surface area contributed by atoms with Crippen LogP contribution < -0.4 is 0 Å². The van der Waals surface area contributed by atoms with E-state index in [0.717, 1.165) is 29.3 Å². The summed E-state index contributed by atoms with van der Waals surface area (Å²) in [6, 6.07) is 2.60. The molecule has 0 aromatic heterocycles. The van der Waals surface area contributed by atoms with Gasteiger partial charge < -0.3 is 12.3 Å². The van der Waals surface area contributed by atoms with Crippen LogP contribution in [0.1, 0.15) is 68.7 Å². The first-order chi connectivity index (χ1) is 13.7. The van der Waals surface area contributed by atoms with Crippen molar-refractivity contribution in [3.63, 3.8) is 0 Å². The largest absolute Gasteiger partial charge is 0.415 e. The molecule has 0 aromatic rings. The van der Waals surface area contributed by atoms with Crippen LogP contribution in [-0.4, -0.2) is 25.7 Å². The van der Waals surface area contributed by atoms with Crippen molar-refractivity contribution in [1.29, 1.82) is 0 Å². The van der Waals surface area contributed by atoms with Crippen molar-refractivity contribution < 1.29 is 12.3 Å². The molecule has 0 spiro atoms. The summed E-state index contributed by atoms with van der Waals surface area (Å²) >= 11 is 0. The van der Waals surface area contributed by atoms with E-state index in [1.54, 1.807) is 0 Å². The summed E-state index contributed by atoms with van der Waals surface area (Å²) in [5, 5.41) is 0. The predicted octanol–water partition coefficient (Wildman–Crippen LogP) is 7.97. The third kappa shape index (κ3) is 5.38. The van der Waals surface area contributed by atoms with Gasteiger partial charge in [0.05, 0.1) is 0 Å². The zero-order valence-corrected chi connectivity index (χ0v) is 24.1. The molecular formula is C24H46O3Si3. The van der Waals surface area contributed by atoms with Gasteiger partial charge in [0.25, 0.3) is 0 Å². The van der Waals surface area contributed by atoms with Gasteiger partial charge in [-0.3, -0.25) is 0 Å². The van der Waals surface area contributed by atoms with Crippen molar-refractivity contribution >= 4 is 25.7 Å². The molecule has 0 amide bonds. The molecule has 1 heterocycles. The Balaban J connectivity index is 2.68. The van der Waals surface area contributed by atoms with Gasteiger partial charge in [0.15, 0.2) is 0 Å². The minimum absolute atomic E-state index is 0.349. The topological polar surface area (TPSA) is 27.7 Å². The molecule has 1 aliphatic heterocycles. The normalized spacial score (nSPS) is 36.4. The monoisotopic (exact) mass is 466 g/mol. The first-order valence-electron chi connectivity index (χ1n) is 11.7. The van der Waals surface area contributed by atoms with Crippen molar-refractivity contribution in [2.24, 2.45) is 11.8 Å². The second-order valence-corrected chi connectivity index (χ2v) is 22.6. The molecule has 1 saturated heterocycles. The molecule has 0 bridgehead atoms. The van der Waals surface area contributed by atoms with Crippen LogP contribution in [-0.2, 0) is 12.3 Å². The van der Waals surface area contributed by atoms with Crippen LogP contribution in [0.15, 0.2) is 36.5 Å². The third-order valence-corrected chi connectivity index (χ3v) is 23.6. The molecular weight excluding hydrogens is 421 g/mol. The summed E-state index contributed by atoms with van der Waals surface area (Å²) in [5.74, 6) is 1.36. The van der Waals surface area contributed by atoms with Crippen LogP contribution in [0.25, 0.3) is 0 Å². The Morgan fingerprint density at radius 3 is 1.40 bits per heavy atom. The van der Waals surface area contributed by atoms with Crippen molar-refractivity contribution in [3.05, 3.63) is 36.5 Å². The highest BCUT2D eigenvalue weighted by Gasteiger charge is 2.70. The number of hydrogen-bond acceptors (Lipinski definition) is 3. The van der Waals surface area contributed by atoms with E-state index < -0.39 is 25.7 Å². The summed E-state index contributed by atoms with van der Waals surface area (Å²) in [5.41, 5.74) is 4.75. The zero-order valence-electron chi connectivity index (χ0n) is 21.1. The molecule has 3 nitrogen and oxygen atoms in total. The van der Waals surface area contributed by atoms with Crippen molar-refractivity contribution in [1.82, 2.24) is 0 Å². The lowest BCUT2D eigenvalue weighted by atomic mass is 10.1. The van der Waals surface area contributed by atoms with E-state index in [2.05, 4.69) is 82.1 Å². The van der Waals surface area contributed by atoms with Gasteiger partial charge in [-0.15, -0.1) is 19.7 Å². The molecule has 30 heavy (non-hydrogen) atoms. The van der Waals surface area contributed by atoms with Crippen LogP contribution in [0.2, 0.25) is 34.8 Å². The average molecular weight is 467 g/mol. The molecule has 2 fully saturated rings. The maximum absolute atomic E-state index is 7.35. The summed E-state index contributed by atoms with van der Waals surface area (Å²) < 4.78 is 21.9. The highest BCUT2D eigenvalue weighted by atomic mass is 28.5. The van der Waals surface area contributed by atoms with Gasteiger partial charge in [0, 0.05) is 23.7 Å². The first kappa shape index (κ1) is 26.0. The maximum Gasteiger partial charge on any atom is 0.328 e. The Morgan fingerprint density at radius 2 is 1.13 bits per heavy atom. The second-order valence-electron chi connectivity index (χ2n) is 11.2. The second kappa shape index (κ2) is 9.32. The predicted molar refractivity (Wildman–Crippen MR) is 136 cm³/mol. The number of allylic oxidation sites excluding steroid dienone is 3. The molecule has 1 saturated carbocycles. The fraction of sp³-hybridized carbons (Fsp3) is 0.750. The van der Waals surface area contributed by atoms with Crippen LogP contribution in [0, 0.1) is 11.8 Å². The molecule has 6 heteroatoms. The van der Waals surface area contributed by atoms with Crippen LogP contribution in [0.4, 0.5) is 0 Å². The van der Waals surface area contributed by atoms with Gasteiger partial charge in [0.2, 0.25) is 0 Å². The van der Waals surface area contributed by atoms with Gasteiger partial charge in [-0.2, -0.15) is 0 Å². The molecule has 2 aliphatic rings. The summed E-state index contributed by atoms with van der Waals surface area (Å²) in [6.45, 7) is 33.1. The molecule has 0 radical (unpaired) electrons. The van der Waals surface area contributed by atoms with Gasteiger partial charge in [-0.05, 0) is 50.1 Å². The fourth-order valence-electron chi connectivity index (χ4n) is 5.04.